The van der Waals surface area contributed by atoms with Crippen molar-refractivity contribution in [1.82, 2.24) is 10.3 Å². The number of aromatic carboxylic acids is 1. The molecule has 0 fully saturated rings. The molecule has 0 bridgehead atoms. The van der Waals surface area contributed by atoms with Crippen LogP contribution in [0.3, 0.4) is 0 Å². The van der Waals surface area contributed by atoms with Gasteiger partial charge in [0.15, 0.2) is 5.52 Å². The van der Waals surface area contributed by atoms with Crippen LogP contribution in [0.2, 0.25) is 5.02 Å². The van der Waals surface area contributed by atoms with Crippen LogP contribution in [0.15, 0.2) is 35.0 Å². The Bertz CT molecular complexity index is 939. The first-order valence-electron chi connectivity index (χ1n) is 6.17. The van der Waals surface area contributed by atoms with Crippen molar-refractivity contribution in [2.45, 2.75) is 0 Å². The largest absolute Gasteiger partial charge is 0.478 e. The van der Waals surface area contributed by atoms with Crippen molar-refractivity contribution < 1.29 is 19.5 Å². The molecule has 9 nitrogen and oxygen atoms in total. The Balaban J connectivity index is 2.19. The number of hydrogen-bond donors (Lipinski definition) is 2. The van der Waals surface area contributed by atoms with E-state index in [9.17, 15) is 20.0 Å². The second kappa shape index (κ2) is 5.54. The summed E-state index contributed by atoms with van der Waals surface area (Å²) in [6.07, 6.45) is 0. The molecular weight excluding hydrogens is 328 g/mol. The lowest BCUT2D eigenvalue weighted by Crippen LogP contribution is -2.04. The summed E-state index contributed by atoms with van der Waals surface area (Å²) in [5, 5.41) is 30.3. The number of carboxylic acid groups (broad SMARTS) is 1. The van der Waals surface area contributed by atoms with Gasteiger partial charge in [-0.25, -0.2) is 9.42 Å². The van der Waals surface area contributed by atoms with Crippen molar-refractivity contribution in [1.29, 1.82) is 0 Å². The fraction of sp³-hybridized carbons (Fsp3) is 0. The van der Waals surface area contributed by atoms with Gasteiger partial charge in [-0.2, -0.15) is 0 Å². The first-order chi connectivity index (χ1) is 11.0. The second-order valence-electron chi connectivity index (χ2n) is 4.45. The van der Waals surface area contributed by atoms with Crippen LogP contribution >= 0.6 is 11.6 Å². The van der Waals surface area contributed by atoms with Crippen LogP contribution in [-0.4, -0.2) is 26.3 Å². The second-order valence-corrected chi connectivity index (χ2v) is 4.86. The zero-order chi connectivity index (χ0) is 16.6. The van der Waals surface area contributed by atoms with E-state index in [-0.39, 0.29) is 33.0 Å². The smallest absolute Gasteiger partial charge is 0.337 e. The van der Waals surface area contributed by atoms with Crippen molar-refractivity contribution in [3.05, 3.63) is 51.0 Å². The van der Waals surface area contributed by atoms with Gasteiger partial charge in [0.1, 0.15) is 5.69 Å². The molecule has 3 rings (SSSR count). The van der Waals surface area contributed by atoms with Crippen LogP contribution in [-0.2, 0) is 0 Å². The van der Waals surface area contributed by atoms with Gasteiger partial charge >= 0.3 is 11.7 Å². The Kier molecular flexibility index (Phi) is 3.54. The highest BCUT2D eigenvalue weighted by Crippen LogP contribution is 2.38. The van der Waals surface area contributed by atoms with Crippen LogP contribution < -0.4 is 5.32 Å². The summed E-state index contributed by atoms with van der Waals surface area (Å²) in [6, 6.07) is 7.25. The Morgan fingerprint density at radius 3 is 2.65 bits per heavy atom. The van der Waals surface area contributed by atoms with Crippen LogP contribution in [0.25, 0.3) is 11.0 Å². The zero-order valence-corrected chi connectivity index (χ0v) is 11.9. The molecule has 0 atom stereocenters. The number of nitrogens with one attached hydrogen (secondary N) is 1. The van der Waals surface area contributed by atoms with Crippen molar-refractivity contribution >= 4 is 45.7 Å². The minimum Gasteiger partial charge on any atom is -0.478 e. The van der Waals surface area contributed by atoms with Gasteiger partial charge in [-0.1, -0.05) is 23.7 Å². The Morgan fingerprint density at radius 1 is 1.26 bits per heavy atom. The lowest BCUT2D eigenvalue weighted by atomic mass is 10.1. The Labute approximate surface area is 132 Å². The molecule has 0 radical (unpaired) electrons. The fourth-order valence-corrected chi connectivity index (χ4v) is 2.33. The number of rotatable bonds is 4. The molecule has 0 unspecified atom stereocenters. The van der Waals surface area contributed by atoms with E-state index < -0.39 is 16.6 Å². The highest BCUT2D eigenvalue weighted by molar-refractivity contribution is 6.35. The van der Waals surface area contributed by atoms with E-state index in [4.69, 9.17) is 11.6 Å². The summed E-state index contributed by atoms with van der Waals surface area (Å²) < 4.78 is 4.49. The first-order valence-corrected chi connectivity index (χ1v) is 6.55. The molecule has 0 spiro atoms. The van der Waals surface area contributed by atoms with E-state index in [0.29, 0.717) is 0 Å². The van der Waals surface area contributed by atoms with Crippen molar-refractivity contribution in [2.75, 3.05) is 5.32 Å². The predicted octanol–water partition coefficient (Wildman–Crippen LogP) is 3.23. The van der Waals surface area contributed by atoms with Gasteiger partial charge in [0.05, 0.1) is 21.2 Å². The molecule has 3 aromatic rings. The molecule has 116 valence electrons. The number of nitro groups is 1. The molecule has 2 aromatic carbocycles. The van der Waals surface area contributed by atoms with E-state index in [1.54, 1.807) is 12.1 Å². The molecule has 10 heteroatoms. The van der Waals surface area contributed by atoms with Gasteiger partial charge in [-0.05, 0) is 28.5 Å². The van der Waals surface area contributed by atoms with E-state index in [0.717, 1.165) is 0 Å². The number of aromatic nitrogens is 2. The van der Waals surface area contributed by atoms with E-state index in [1.807, 2.05) is 0 Å². The lowest BCUT2D eigenvalue weighted by Gasteiger charge is -2.10. The monoisotopic (exact) mass is 334 g/mol. The molecule has 1 aromatic heterocycles. The molecule has 1 heterocycles. The van der Waals surface area contributed by atoms with Crippen molar-refractivity contribution in [3.8, 4) is 0 Å². The third-order valence-electron chi connectivity index (χ3n) is 3.07. The van der Waals surface area contributed by atoms with E-state index in [1.165, 1.54) is 18.2 Å². The predicted molar refractivity (Wildman–Crippen MR) is 80.2 cm³/mol. The number of nitrogens with zero attached hydrogens (tertiary/aromatic N) is 3. The maximum atomic E-state index is 11.4. The first kappa shape index (κ1) is 14.7. The average Bonchev–Trinajstić information content (AvgIpc) is 2.97. The van der Waals surface area contributed by atoms with Crippen LogP contribution in [0.1, 0.15) is 10.4 Å². The normalized spacial score (nSPS) is 10.7. The molecule has 0 aliphatic carbocycles. The number of halogens is 1. The zero-order valence-electron chi connectivity index (χ0n) is 11.2. The number of para-hydroxylation sites is 1. The summed E-state index contributed by atoms with van der Waals surface area (Å²) in [5.41, 5.74) is -0.373. The standard InChI is InChI=1S/C13H7ClN4O5/c14-7-5-9(12(18(21)22)11-10(7)16-23-17-11)15-8-4-2-1-3-6(8)13(19)20/h1-5,15H,(H,19,20). The third-order valence-corrected chi connectivity index (χ3v) is 3.36. The maximum Gasteiger partial charge on any atom is 0.337 e. The number of carbonyl (C=O) groups is 1. The number of hydrogen-bond acceptors (Lipinski definition) is 7. The molecule has 23 heavy (non-hydrogen) atoms. The highest BCUT2D eigenvalue weighted by Gasteiger charge is 2.26. The molecular formula is C13H7ClN4O5. The SMILES string of the molecule is O=C(O)c1ccccc1Nc1cc(Cl)c2nonc2c1[N+](=O)[O-]. The number of anilines is 2. The topological polar surface area (TPSA) is 131 Å². The summed E-state index contributed by atoms with van der Waals surface area (Å²) in [6.45, 7) is 0. The summed E-state index contributed by atoms with van der Waals surface area (Å²) in [7, 11) is 0. The Morgan fingerprint density at radius 2 is 1.96 bits per heavy atom. The molecule has 0 aliphatic heterocycles. The highest BCUT2D eigenvalue weighted by atomic mass is 35.5. The van der Waals surface area contributed by atoms with Gasteiger partial charge in [-0.3, -0.25) is 10.1 Å². The van der Waals surface area contributed by atoms with Gasteiger partial charge in [-0.15, -0.1) is 0 Å². The summed E-state index contributed by atoms with van der Waals surface area (Å²) in [4.78, 5) is 21.9. The molecule has 0 amide bonds. The minimum atomic E-state index is -1.17. The molecule has 2 N–H and O–H groups in total. The van der Waals surface area contributed by atoms with Crippen molar-refractivity contribution in [2.24, 2.45) is 0 Å². The van der Waals surface area contributed by atoms with Crippen LogP contribution in [0.5, 0.6) is 0 Å². The third kappa shape index (κ3) is 2.53. The van der Waals surface area contributed by atoms with E-state index >= 15 is 0 Å². The fourth-order valence-electron chi connectivity index (χ4n) is 2.10. The van der Waals surface area contributed by atoms with E-state index in [2.05, 4.69) is 20.3 Å². The summed E-state index contributed by atoms with van der Waals surface area (Å²) >= 11 is 6.01. The Hall–Kier alpha value is -3.20. The maximum absolute atomic E-state index is 11.4. The van der Waals surface area contributed by atoms with Crippen LogP contribution in [0.4, 0.5) is 17.1 Å². The number of carboxylic acids is 1. The number of nitro benzene ring substituents is 1. The van der Waals surface area contributed by atoms with Gasteiger partial charge < -0.3 is 10.4 Å². The van der Waals surface area contributed by atoms with Crippen LogP contribution in [0, 0.1) is 10.1 Å². The number of benzene rings is 2. The number of fused-ring (bicyclic) bond motifs is 1. The van der Waals surface area contributed by atoms with Gasteiger partial charge in [0, 0.05) is 0 Å². The molecule has 0 saturated heterocycles. The minimum absolute atomic E-state index is 0.0168. The molecule has 0 saturated carbocycles. The van der Waals surface area contributed by atoms with Crippen molar-refractivity contribution in [3.63, 3.8) is 0 Å². The van der Waals surface area contributed by atoms with Gasteiger partial charge in [0.25, 0.3) is 0 Å². The summed E-state index contributed by atoms with van der Waals surface area (Å²) in [5.74, 6) is -1.17. The lowest BCUT2D eigenvalue weighted by molar-refractivity contribution is -0.382. The van der Waals surface area contributed by atoms with Gasteiger partial charge in [0.2, 0.25) is 5.52 Å². The molecule has 0 aliphatic rings. The quantitative estimate of drug-likeness (QED) is 0.549. The average molecular weight is 335 g/mol.